The predicted molar refractivity (Wildman–Crippen MR) is 136 cm³/mol. The van der Waals surface area contributed by atoms with Crippen molar-refractivity contribution in [2.75, 3.05) is 0 Å². The third-order valence-electron chi connectivity index (χ3n) is 1.08. The van der Waals surface area contributed by atoms with Gasteiger partial charge >= 0.3 is 0 Å². The maximum atomic E-state index is 4.59. The standard InChI is InChI=1S/Br10N5P5/c1-16(2)11-17(3,4)13-19(7,8)15-20(9,10)14-18(5,6)12-16. The molecule has 0 saturated carbocycles. The van der Waals surface area contributed by atoms with Gasteiger partial charge in [0.1, 0.15) is 0 Å². The molecule has 0 atom stereocenters. The number of nitrogens with zero attached hydrogens (tertiary/aromatic N) is 5. The Morgan fingerprint density at radius 2 is 0.400 bits per heavy atom. The first-order valence-corrected chi connectivity index (χ1v) is 32.3. The van der Waals surface area contributed by atoms with Crippen LogP contribution in [0.15, 0.2) is 22.6 Å². The van der Waals surface area contributed by atoms with Crippen molar-refractivity contribution in [1.29, 1.82) is 0 Å². The van der Waals surface area contributed by atoms with E-state index in [2.05, 4.69) is 177 Å². The summed E-state index contributed by atoms with van der Waals surface area (Å²) in [7, 11) is 0. The van der Waals surface area contributed by atoms with Crippen LogP contribution in [-0.4, -0.2) is 0 Å². The Balaban J connectivity index is 3.95. The van der Waals surface area contributed by atoms with Crippen LogP contribution in [-0.2, 0) is 0 Å². The average molecular weight is 1020 g/mol. The summed E-state index contributed by atoms with van der Waals surface area (Å²) in [4.78, 5) is 0. The maximum absolute atomic E-state index is 4.59. The molecule has 120 valence electrons. The van der Waals surface area contributed by atoms with E-state index in [0.717, 1.165) is 0 Å². The number of hydrogen-bond acceptors (Lipinski definition) is 5. The van der Waals surface area contributed by atoms with Crippen molar-refractivity contribution in [1.82, 2.24) is 0 Å². The molecule has 0 aliphatic carbocycles. The Kier molecular flexibility index (Phi) is 10.2. The highest BCUT2D eigenvalue weighted by Crippen LogP contribution is 2.92. The molecule has 20 heavy (non-hydrogen) atoms. The average Bonchev–Trinajstić information content (AvgIpc) is 1.84. The maximum Gasteiger partial charge on any atom is 0.207 e. The normalized spacial score (nSPS) is 29.5. The van der Waals surface area contributed by atoms with Gasteiger partial charge in [-0.3, -0.25) is 0 Å². The summed E-state index contributed by atoms with van der Waals surface area (Å²) in [5, 5.41) is 0. The number of rotatable bonds is 0. The second-order valence-electron chi connectivity index (χ2n) is 2.73. The van der Waals surface area contributed by atoms with Crippen LogP contribution >= 0.6 is 178 Å². The van der Waals surface area contributed by atoms with E-state index in [1.165, 1.54) is 0 Å². The molecule has 5 nitrogen and oxygen atoms in total. The second kappa shape index (κ2) is 8.53. The van der Waals surface area contributed by atoms with Crippen molar-refractivity contribution >= 4 is 178 Å². The molecule has 1 heterocycles. The molecule has 0 unspecified atom stereocenters. The minimum absolute atomic E-state index is 2.30. The number of halogens is 10. The summed E-state index contributed by atoms with van der Waals surface area (Å²) in [6, 6.07) is 0. The third-order valence-corrected chi connectivity index (χ3v) is 35.2. The fourth-order valence-corrected chi connectivity index (χ4v) is 79.5. The zero-order valence-electron chi connectivity index (χ0n) is 8.25. The van der Waals surface area contributed by atoms with Crippen molar-refractivity contribution in [3.05, 3.63) is 0 Å². The molecule has 1 aliphatic rings. The molecule has 0 spiro atoms. The lowest BCUT2D eigenvalue weighted by Gasteiger charge is -2.18. The molecule has 20 heteroatoms. The smallest absolute Gasteiger partial charge is 0.200 e. The largest absolute Gasteiger partial charge is 0.207 e. The molecule has 0 fully saturated rings. The second-order valence-corrected chi connectivity index (χ2v) is 54.8. The minimum Gasteiger partial charge on any atom is -0.200 e. The summed E-state index contributed by atoms with van der Waals surface area (Å²) in [6.45, 7) is 0. The highest BCUT2D eigenvalue weighted by molar-refractivity contribution is 9.76. The van der Waals surface area contributed by atoms with Gasteiger partial charge in [-0.2, -0.15) is 0 Å². The van der Waals surface area contributed by atoms with Gasteiger partial charge < -0.3 is 0 Å². The molecule has 0 N–H and O–H groups in total. The van der Waals surface area contributed by atoms with Crippen LogP contribution in [0.2, 0.25) is 0 Å². The van der Waals surface area contributed by atoms with Gasteiger partial charge in [-0.05, 0) is 155 Å². The highest BCUT2D eigenvalue weighted by atomic mass is 80.0. The lowest BCUT2D eigenvalue weighted by Crippen LogP contribution is -1.59. The van der Waals surface area contributed by atoms with Crippen LogP contribution in [0.5, 0.6) is 0 Å². The van der Waals surface area contributed by atoms with E-state index in [1.807, 2.05) is 0 Å². The fraction of sp³-hybridized carbons (Fsp3) is 0. The van der Waals surface area contributed by atoms with Gasteiger partial charge in [0, 0.05) is 0 Å². The lowest BCUT2D eigenvalue weighted by atomic mass is 13.8. The van der Waals surface area contributed by atoms with E-state index in [4.69, 9.17) is 0 Å². The van der Waals surface area contributed by atoms with Gasteiger partial charge in [-0.25, -0.2) is 22.6 Å². The molecular formula is Br10N5P5. The zero-order chi connectivity index (χ0) is 16.0. The van der Waals surface area contributed by atoms with Crippen LogP contribution in [0, 0.1) is 0 Å². The molecule has 1 aliphatic heterocycles. The van der Waals surface area contributed by atoms with Crippen LogP contribution in [0.4, 0.5) is 0 Å². The first kappa shape index (κ1) is 24.0. The van der Waals surface area contributed by atoms with Gasteiger partial charge in [0.2, 0.25) is 23.0 Å². The Morgan fingerprint density at radius 1 is 0.300 bits per heavy atom. The van der Waals surface area contributed by atoms with E-state index in [9.17, 15) is 0 Å². The van der Waals surface area contributed by atoms with E-state index in [1.54, 1.807) is 0 Å². The molecule has 0 radical (unpaired) electrons. The van der Waals surface area contributed by atoms with E-state index in [-0.39, 0.29) is 0 Å². The van der Waals surface area contributed by atoms with Crippen molar-refractivity contribution in [2.45, 2.75) is 0 Å². The monoisotopic (exact) mass is 1010 g/mol. The first-order valence-electron chi connectivity index (χ1n) is 3.69. The van der Waals surface area contributed by atoms with E-state index >= 15 is 0 Å². The quantitative estimate of drug-likeness (QED) is 0.217. The number of hydrogen-bond donors (Lipinski definition) is 0. The molecular weight excluding hydrogens is 1020 g/mol. The lowest BCUT2D eigenvalue weighted by molar-refractivity contribution is 1.83. The Morgan fingerprint density at radius 3 is 0.500 bits per heavy atom. The van der Waals surface area contributed by atoms with Crippen LogP contribution in [0.3, 0.4) is 0 Å². The van der Waals surface area contributed by atoms with Crippen molar-refractivity contribution in [3.63, 3.8) is 0 Å². The van der Waals surface area contributed by atoms with Gasteiger partial charge in [0.05, 0.1) is 0 Å². The van der Waals surface area contributed by atoms with Crippen molar-refractivity contribution < 1.29 is 0 Å². The van der Waals surface area contributed by atoms with Gasteiger partial charge in [-0.15, -0.1) is 0 Å². The summed E-state index contributed by atoms with van der Waals surface area (Å²) in [5.74, 6) is 0. The summed E-state index contributed by atoms with van der Waals surface area (Å²) in [5.41, 5.74) is 0. The fourth-order valence-electron chi connectivity index (χ4n) is 0.737. The van der Waals surface area contributed by atoms with Crippen LogP contribution in [0.25, 0.3) is 0 Å². The Bertz CT molecular complexity index is 502. The molecule has 1 rings (SSSR count). The van der Waals surface area contributed by atoms with Gasteiger partial charge in [-0.1, -0.05) is 0 Å². The zero-order valence-corrected chi connectivity index (χ0v) is 28.6. The van der Waals surface area contributed by atoms with Crippen molar-refractivity contribution in [2.24, 2.45) is 22.6 Å². The summed E-state index contributed by atoms with van der Waals surface area (Å²) >= 11 is 35.1. The molecule has 0 aromatic heterocycles. The van der Waals surface area contributed by atoms with E-state index in [0.29, 0.717) is 0 Å². The minimum atomic E-state index is -2.30. The first-order chi connectivity index (χ1) is 8.54. The molecule has 0 aromatic carbocycles. The highest BCUT2D eigenvalue weighted by Gasteiger charge is 2.28. The topological polar surface area (TPSA) is 61.8 Å². The molecule has 0 aromatic rings. The molecule has 0 amide bonds. The van der Waals surface area contributed by atoms with Crippen molar-refractivity contribution in [3.8, 4) is 0 Å². The summed E-state index contributed by atoms with van der Waals surface area (Å²) < 4.78 is 11.5. The van der Waals surface area contributed by atoms with Crippen LogP contribution < -0.4 is 0 Å². The molecule has 0 bridgehead atoms. The van der Waals surface area contributed by atoms with Gasteiger partial charge in [0.25, 0.3) is 0 Å². The van der Waals surface area contributed by atoms with E-state index < -0.39 is 23.0 Å². The Hall–Kier alpha value is 5.95. The predicted octanol–water partition coefficient (Wildman–Crippen LogP) is 13.7. The summed E-state index contributed by atoms with van der Waals surface area (Å²) in [6.07, 6.45) is 0. The SMILES string of the molecule is BrP1(Br)=NP(Br)(Br)=NP(Br)(Br)=NP(Br)(Br)=NP(Br)(Br)=N1. The third kappa shape index (κ3) is 9.76. The van der Waals surface area contributed by atoms with Crippen LogP contribution in [0.1, 0.15) is 0 Å². The van der Waals surface area contributed by atoms with Gasteiger partial charge in [0.15, 0.2) is 0 Å². The Labute approximate surface area is 196 Å². The molecule has 0 saturated heterocycles.